The molecule has 0 aliphatic heterocycles. The number of aliphatic carboxylic acids is 1. The lowest BCUT2D eigenvalue weighted by Gasteiger charge is -2.05. The molecular formula is C11H11NO3S2. The van der Waals surface area contributed by atoms with E-state index in [0.717, 1.165) is 27.5 Å². The Morgan fingerprint density at radius 2 is 2.24 bits per heavy atom. The molecule has 0 bridgehead atoms. The summed E-state index contributed by atoms with van der Waals surface area (Å²) in [6.45, 7) is 2.21. The average Bonchev–Trinajstić information content (AvgIpc) is 2.82. The third kappa shape index (κ3) is 2.48. The van der Waals surface area contributed by atoms with Gasteiger partial charge in [0.1, 0.15) is 0 Å². The van der Waals surface area contributed by atoms with Gasteiger partial charge in [0.05, 0.1) is 17.0 Å². The molecule has 17 heavy (non-hydrogen) atoms. The second-order valence-corrected chi connectivity index (χ2v) is 5.35. The molecule has 0 aliphatic carbocycles. The van der Waals surface area contributed by atoms with Crippen LogP contribution >= 0.6 is 22.7 Å². The molecule has 2 aromatic rings. The van der Waals surface area contributed by atoms with E-state index >= 15 is 0 Å². The van der Waals surface area contributed by atoms with Crippen LogP contribution in [0.5, 0.6) is 0 Å². The van der Waals surface area contributed by atoms with Crippen molar-refractivity contribution < 1.29 is 9.90 Å². The molecule has 0 spiro atoms. The summed E-state index contributed by atoms with van der Waals surface area (Å²) >= 11 is 2.67. The molecule has 2 aromatic heterocycles. The Balaban J connectivity index is 2.39. The predicted octanol–water partition coefficient (Wildman–Crippen LogP) is 2.42. The molecule has 1 N–H and O–H groups in total. The number of thiophene rings is 1. The minimum Gasteiger partial charge on any atom is -0.481 e. The number of thiazole rings is 1. The van der Waals surface area contributed by atoms with Crippen LogP contribution < -0.4 is 4.87 Å². The van der Waals surface area contributed by atoms with Crippen LogP contribution in [-0.4, -0.2) is 15.6 Å². The number of carbonyl (C=O) groups is 1. The van der Waals surface area contributed by atoms with E-state index in [1.54, 1.807) is 16.7 Å². The molecule has 2 heterocycles. The van der Waals surface area contributed by atoms with Crippen LogP contribution in [0.15, 0.2) is 21.6 Å². The summed E-state index contributed by atoms with van der Waals surface area (Å²) in [7, 11) is 0. The van der Waals surface area contributed by atoms with Crippen molar-refractivity contribution in [1.29, 1.82) is 0 Å². The highest BCUT2D eigenvalue weighted by molar-refractivity contribution is 7.14. The minimum absolute atomic E-state index is 0.0337. The van der Waals surface area contributed by atoms with Crippen LogP contribution in [0.25, 0.3) is 10.6 Å². The minimum atomic E-state index is -0.892. The van der Waals surface area contributed by atoms with Gasteiger partial charge in [-0.1, -0.05) is 11.3 Å². The van der Waals surface area contributed by atoms with Crippen molar-refractivity contribution in [1.82, 2.24) is 4.57 Å². The van der Waals surface area contributed by atoms with Crippen LogP contribution in [0.2, 0.25) is 0 Å². The van der Waals surface area contributed by atoms with E-state index in [9.17, 15) is 9.59 Å². The monoisotopic (exact) mass is 269 g/mol. The Morgan fingerprint density at radius 1 is 1.47 bits per heavy atom. The number of carboxylic acid groups (broad SMARTS) is 1. The first kappa shape index (κ1) is 12.1. The largest absolute Gasteiger partial charge is 0.481 e. The van der Waals surface area contributed by atoms with E-state index in [0.29, 0.717) is 0 Å². The van der Waals surface area contributed by atoms with Crippen molar-refractivity contribution in [2.24, 2.45) is 0 Å². The normalized spacial score (nSPS) is 10.6. The average molecular weight is 269 g/mol. The highest BCUT2D eigenvalue weighted by atomic mass is 32.1. The molecule has 0 saturated carbocycles. The maximum atomic E-state index is 11.7. The van der Waals surface area contributed by atoms with Crippen LogP contribution in [0, 0.1) is 6.92 Å². The lowest BCUT2D eigenvalue weighted by Crippen LogP contribution is -2.16. The third-order valence-electron chi connectivity index (χ3n) is 2.43. The number of aryl methyl sites for hydroxylation is 1. The van der Waals surface area contributed by atoms with E-state index in [1.807, 2.05) is 18.4 Å². The first-order valence-electron chi connectivity index (χ1n) is 5.04. The van der Waals surface area contributed by atoms with Gasteiger partial charge in [-0.3, -0.25) is 14.2 Å². The summed E-state index contributed by atoms with van der Waals surface area (Å²) in [4.78, 5) is 23.1. The quantitative estimate of drug-likeness (QED) is 0.927. The van der Waals surface area contributed by atoms with Crippen molar-refractivity contribution in [3.63, 3.8) is 0 Å². The van der Waals surface area contributed by atoms with Crippen molar-refractivity contribution in [2.75, 3.05) is 0 Å². The van der Waals surface area contributed by atoms with E-state index in [4.69, 9.17) is 5.11 Å². The molecule has 0 atom stereocenters. The van der Waals surface area contributed by atoms with Crippen molar-refractivity contribution in [3.8, 4) is 10.6 Å². The molecule has 2 rings (SSSR count). The standard InChI is InChI=1S/C11H11NO3S2/c1-7-3-5-16-10(7)8-6-17-11(15)12(8)4-2-9(13)14/h3,5-6H,2,4H2,1H3,(H,13,14). The van der Waals surface area contributed by atoms with Gasteiger partial charge in [0.2, 0.25) is 0 Å². The molecule has 0 saturated heterocycles. The number of carboxylic acids is 1. The first-order chi connectivity index (χ1) is 8.09. The number of hydrogen-bond donors (Lipinski definition) is 1. The van der Waals surface area contributed by atoms with Crippen LogP contribution in [0.3, 0.4) is 0 Å². The summed E-state index contributed by atoms with van der Waals surface area (Å²) < 4.78 is 1.54. The SMILES string of the molecule is Cc1ccsc1-c1csc(=O)n1CCC(=O)O. The molecule has 4 nitrogen and oxygen atoms in total. The lowest BCUT2D eigenvalue weighted by molar-refractivity contribution is -0.137. The van der Waals surface area contributed by atoms with Gasteiger partial charge in [-0.15, -0.1) is 11.3 Å². The summed E-state index contributed by atoms with van der Waals surface area (Å²) in [5.74, 6) is -0.892. The maximum Gasteiger partial charge on any atom is 0.307 e. The Morgan fingerprint density at radius 3 is 2.82 bits per heavy atom. The van der Waals surface area contributed by atoms with Gasteiger partial charge >= 0.3 is 10.8 Å². The lowest BCUT2D eigenvalue weighted by atomic mass is 10.2. The molecule has 0 amide bonds. The number of rotatable bonds is 4. The van der Waals surface area contributed by atoms with Gasteiger partial charge in [0.15, 0.2) is 0 Å². The topological polar surface area (TPSA) is 59.3 Å². The summed E-state index contributed by atoms with van der Waals surface area (Å²) in [6, 6.07) is 1.99. The molecule has 0 aromatic carbocycles. The predicted molar refractivity (Wildman–Crippen MR) is 68.9 cm³/mol. The van der Waals surface area contributed by atoms with E-state index in [1.165, 1.54) is 4.57 Å². The number of nitrogens with zero attached hydrogens (tertiary/aromatic N) is 1. The first-order valence-corrected chi connectivity index (χ1v) is 6.80. The molecule has 0 radical (unpaired) electrons. The van der Waals surface area contributed by atoms with Gasteiger partial charge in [0.25, 0.3) is 0 Å². The fourth-order valence-corrected chi connectivity index (χ4v) is 3.36. The second kappa shape index (κ2) is 4.85. The van der Waals surface area contributed by atoms with Crippen molar-refractivity contribution in [3.05, 3.63) is 32.1 Å². The fraction of sp³-hybridized carbons (Fsp3) is 0.273. The Hall–Kier alpha value is -1.40. The molecule has 0 unspecified atom stereocenters. The van der Waals surface area contributed by atoms with Gasteiger partial charge < -0.3 is 5.11 Å². The summed E-state index contributed by atoms with van der Waals surface area (Å²) in [5.41, 5.74) is 1.94. The number of aromatic nitrogens is 1. The van der Waals surface area contributed by atoms with E-state index in [2.05, 4.69) is 0 Å². The van der Waals surface area contributed by atoms with Gasteiger partial charge in [-0.2, -0.15) is 0 Å². The summed E-state index contributed by atoms with van der Waals surface area (Å²) in [5, 5.41) is 12.4. The van der Waals surface area contributed by atoms with Gasteiger partial charge in [-0.25, -0.2) is 0 Å². The Bertz CT molecular complexity index is 594. The maximum absolute atomic E-state index is 11.7. The molecule has 0 aliphatic rings. The number of hydrogen-bond acceptors (Lipinski definition) is 4. The van der Waals surface area contributed by atoms with Crippen LogP contribution in [-0.2, 0) is 11.3 Å². The highest BCUT2D eigenvalue weighted by Gasteiger charge is 2.12. The van der Waals surface area contributed by atoms with Crippen LogP contribution in [0.1, 0.15) is 12.0 Å². The molecule has 0 fully saturated rings. The van der Waals surface area contributed by atoms with Crippen molar-refractivity contribution >= 4 is 28.6 Å². The smallest absolute Gasteiger partial charge is 0.307 e. The van der Waals surface area contributed by atoms with Crippen molar-refractivity contribution in [2.45, 2.75) is 19.9 Å². The zero-order valence-electron chi connectivity index (χ0n) is 9.17. The third-order valence-corrected chi connectivity index (χ3v) is 4.23. The summed E-state index contributed by atoms with van der Waals surface area (Å²) in [6.07, 6.45) is -0.0337. The Kier molecular flexibility index (Phi) is 3.44. The molecule has 90 valence electrons. The zero-order valence-corrected chi connectivity index (χ0v) is 10.8. The zero-order chi connectivity index (χ0) is 12.4. The van der Waals surface area contributed by atoms with E-state index in [-0.39, 0.29) is 17.8 Å². The molecule has 6 heteroatoms. The second-order valence-electron chi connectivity index (χ2n) is 3.61. The molecular weight excluding hydrogens is 258 g/mol. The van der Waals surface area contributed by atoms with E-state index < -0.39 is 5.97 Å². The Labute approximate surface area is 106 Å². The van der Waals surface area contributed by atoms with Crippen LogP contribution in [0.4, 0.5) is 0 Å². The van der Waals surface area contributed by atoms with Gasteiger partial charge in [-0.05, 0) is 23.9 Å². The van der Waals surface area contributed by atoms with Gasteiger partial charge in [0, 0.05) is 11.9 Å². The fourth-order valence-electron chi connectivity index (χ4n) is 1.56. The highest BCUT2D eigenvalue weighted by Crippen LogP contribution is 2.29.